The van der Waals surface area contributed by atoms with Gasteiger partial charge in [0.25, 0.3) is 5.56 Å². The summed E-state index contributed by atoms with van der Waals surface area (Å²) in [5, 5.41) is 9.66. The molecule has 0 amide bonds. The second-order valence-corrected chi connectivity index (χ2v) is 9.61. The molecule has 0 aliphatic carbocycles. The van der Waals surface area contributed by atoms with E-state index in [1.807, 2.05) is 30.3 Å². The fourth-order valence-corrected chi connectivity index (χ4v) is 5.58. The van der Waals surface area contributed by atoms with Gasteiger partial charge >= 0.3 is 5.97 Å². The topological polar surface area (TPSA) is 99.4 Å². The van der Waals surface area contributed by atoms with Gasteiger partial charge in [-0.3, -0.25) is 9.36 Å². The van der Waals surface area contributed by atoms with Crippen molar-refractivity contribution in [2.45, 2.75) is 13.0 Å². The lowest BCUT2D eigenvalue weighted by Crippen LogP contribution is -2.40. The van der Waals surface area contributed by atoms with Crippen LogP contribution in [-0.2, 0) is 9.53 Å². The van der Waals surface area contributed by atoms with Crippen LogP contribution in [0.25, 0.3) is 11.8 Å². The van der Waals surface area contributed by atoms with Gasteiger partial charge in [-0.15, -0.1) is 0 Å². The van der Waals surface area contributed by atoms with E-state index in [-0.39, 0.29) is 23.5 Å². The summed E-state index contributed by atoms with van der Waals surface area (Å²) in [7, 11) is 3.05. The smallest absolute Gasteiger partial charge is 0.338 e. The monoisotopic (exact) mass is 542 g/mol. The highest BCUT2D eigenvalue weighted by Crippen LogP contribution is 2.42. The Morgan fingerprint density at radius 2 is 1.77 bits per heavy atom. The third-order valence-electron chi connectivity index (χ3n) is 6.29. The highest BCUT2D eigenvalue weighted by Gasteiger charge is 2.37. The Bertz CT molecular complexity index is 1740. The first kappa shape index (κ1) is 26.0. The molecular formula is C30H26N2O6S. The van der Waals surface area contributed by atoms with Gasteiger partial charge in [0, 0.05) is 11.1 Å². The lowest BCUT2D eigenvalue weighted by molar-refractivity contribution is -0.138. The van der Waals surface area contributed by atoms with E-state index in [4.69, 9.17) is 19.2 Å². The lowest BCUT2D eigenvalue weighted by Gasteiger charge is -2.27. The molecule has 198 valence electrons. The normalized spacial score (nSPS) is 14.9. The number of ether oxygens (including phenoxy) is 3. The molecule has 2 heterocycles. The zero-order valence-electron chi connectivity index (χ0n) is 21.6. The van der Waals surface area contributed by atoms with Crippen molar-refractivity contribution >= 4 is 29.1 Å². The average molecular weight is 543 g/mol. The first-order valence-electron chi connectivity index (χ1n) is 12.2. The van der Waals surface area contributed by atoms with Crippen LogP contribution in [0.4, 0.5) is 0 Å². The Hall–Kier alpha value is -4.63. The minimum absolute atomic E-state index is 0.130. The number of hydrogen-bond acceptors (Lipinski definition) is 8. The molecule has 1 aliphatic rings. The molecule has 3 aromatic carbocycles. The van der Waals surface area contributed by atoms with Crippen LogP contribution in [0.1, 0.15) is 29.7 Å². The second kappa shape index (κ2) is 11.0. The Labute approximate surface area is 228 Å². The molecule has 0 bridgehead atoms. The molecular weight excluding hydrogens is 516 g/mol. The first-order chi connectivity index (χ1) is 19.0. The van der Waals surface area contributed by atoms with Crippen molar-refractivity contribution in [3.8, 4) is 17.2 Å². The van der Waals surface area contributed by atoms with Gasteiger partial charge in [-0.2, -0.15) is 0 Å². The molecule has 9 heteroatoms. The fraction of sp³-hybridized carbons (Fsp3) is 0.167. The van der Waals surface area contributed by atoms with Crippen LogP contribution in [0.3, 0.4) is 0 Å². The zero-order valence-corrected chi connectivity index (χ0v) is 22.4. The van der Waals surface area contributed by atoms with E-state index in [1.54, 1.807) is 55.5 Å². The van der Waals surface area contributed by atoms with E-state index < -0.39 is 12.0 Å². The number of rotatable bonds is 7. The number of esters is 1. The number of methoxy groups -OCH3 is 2. The standard InChI is InChI=1S/C30H26N2O6S/c1-4-38-29(35)24-25(19-9-6-5-7-10-19)31-30-32(26(24)21-11-8-12-22(36-2)27(21)37-3)28(34)23(39-30)17-18-13-15-20(33)16-14-18/h5-17,26,33H,4H2,1-3H3/b23-17-/t26-/m1/s1. The number of aromatic nitrogens is 1. The van der Waals surface area contributed by atoms with Crippen molar-refractivity contribution in [3.63, 3.8) is 0 Å². The summed E-state index contributed by atoms with van der Waals surface area (Å²) in [5.41, 5.74) is 2.32. The minimum Gasteiger partial charge on any atom is -0.508 e. The molecule has 0 fully saturated rings. The summed E-state index contributed by atoms with van der Waals surface area (Å²) in [6.45, 7) is 1.88. The van der Waals surface area contributed by atoms with Gasteiger partial charge in [-0.25, -0.2) is 9.79 Å². The molecule has 0 saturated carbocycles. The van der Waals surface area contributed by atoms with Crippen LogP contribution in [-0.4, -0.2) is 36.5 Å². The van der Waals surface area contributed by atoms with Crippen molar-refractivity contribution in [2.75, 3.05) is 20.8 Å². The molecule has 0 saturated heterocycles. The number of phenolic OH excluding ortho intramolecular Hbond substituents is 1. The Morgan fingerprint density at radius 1 is 1.03 bits per heavy atom. The molecule has 0 unspecified atom stereocenters. The highest BCUT2D eigenvalue weighted by atomic mass is 32.1. The lowest BCUT2D eigenvalue weighted by atomic mass is 9.92. The largest absolute Gasteiger partial charge is 0.508 e. The number of phenols is 1. The molecule has 0 radical (unpaired) electrons. The third-order valence-corrected chi connectivity index (χ3v) is 7.28. The number of carbonyl (C=O) groups is 1. The summed E-state index contributed by atoms with van der Waals surface area (Å²) in [6.07, 6.45) is 1.74. The fourth-order valence-electron chi connectivity index (χ4n) is 4.58. The number of thiazole rings is 1. The predicted octanol–water partition coefficient (Wildman–Crippen LogP) is 3.66. The number of benzene rings is 3. The maximum Gasteiger partial charge on any atom is 0.338 e. The van der Waals surface area contributed by atoms with E-state index in [1.165, 1.54) is 30.1 Å². The Kier molecular flexibility index (Phi) is 7.33. The van der Waals surface area contributed by atoms with Gasteiger partial charge < -0.3 is 19.3 Å². The number of hydrogen-bond donors (Lipinski definition) is 1. The van der Waals surface area contributed by atoms with Crippen molar-refractivity contribution in [2.24, 2.45) is 4.99 Å². The number of carbonyl (C=O) groups excluding carboxylic acids is 1. The molecule has 4 aromatic rings. The molecule has 8 nitrogen and oxygen atoms in total. The molecule has 39 heavy (non-hydrogen) atoms. The van der Waals surface area contributed by atoms with Crippen molar-refractivity contribution < 1.29 is 24.1 Å². The predicted molar refractivity (Wildman–Crippen MR) is 149 cm³/mol. The zero-order chi connectivity index (χ0) is 27.5. The maximum atomic E-state index is 14.0. The maximum absolute atomic E-state index is 14.0. The van der Waals surface area contributed by atoms with Crippen LogP contribution >= 0.6 is 11.3 Å². The highest BCUT2D eigenvalue weighted by molar-refractivity contribution is 7.07. The first-order valence-corrected chi connectivity index (χ1v) is 13.1. The molecule has 1 aliphatic heterocycles. The third kappa shape index (κ3) is 4.84. The van der Waals surface area contributed by atoms with E-state index in [9.17, 15) is 14.7 Å². The van der Waals surface area contributed by atoms with Gasteiger partial charge in [-0.1, -0.05) is 65.9 Å². The minimum atomic E-state index is -0.900. The number of para-hydroxylation sites is 1. The van der Waals surface area contributed by atoms with Crippen molar-refractivity contribution in [1.29, 1.82) is 0 Å². The van der Waals surface area contributed by atoms with Crippen LogP contribution in [0, 0.1) is 0 Å². The Morgan fingerprint density at radius 3 is 2.44 bits per heavy atom. The van der Waals surface area contributed by atoms with Crippen LogP contribution in [0.2, 0.25) is 0 Å². The Balaban J connectivity index is 1.88. The second-order valence-electron chi connectivity index (χ2n) is 8.61. The van der Waals surface area contributed by atoms with Gasteiger partial charge in [0.1, 0.15) is 11.8 Å². The molecule has 5 rings (SSSR count). The summed E-state index contributed by atoms with van der Waals surface area (Å²) in [5.74, 6) is 0.407. The van der Waals surface area contributed by atoms with Gasteiger partial charge in [0.15, 0.2) is 16.3 Å². The van der Waals surface area contributed by atoms with Crippen molar-refractivity contribution in [3.05, 3.63) is 115 Å². The summed E-state index contributed by atoms with van der Waals surface area (Å²) < 4.78 is 18.7. The van der Waals surface area contributed by atoms with Crippen LogP contribution in [0.15, 0.2) is 88.2 Å². The number of fused-ring (bicyclic) bond motifs is 1. The molecule has 1 N–H and O–H groups in total. The molecule has 1 atom stereocenters. The number of nitrogens with zero attached hydrogens (tertiary/aromatic N) is 2. The average Bonchev–Trinajstić information content (AvgIpc) is 3.27. The van der Waals surface area contributed by atoms with E-state index in [0.717, 1.165) is 5.56 Å². The quantitative estimate of drug-likeness (QED) is 0.358. The van der Waals surface area contributed by atoms with Crippen molar-refractivity contribution in [1.82, 2.24) is 4.57 Å². The number of aromatic hydroxyl groups is 1. The SMILES string of the molecule is CCOC(=O)C1=C(c2ccccc2)N=c2s/c(=C\c3ccc(O)cc3)c(=O)n2[C@@H]1c1cccc(OC)c1OC. The molecule has 1 aromatic heterocycles. The summed E-state index contributed by atoms with van der Waals surface area (Å²) >= 11 is 1.22. The van der Waals surface area contributed by atoms with Gasteiger partial charge in [-0.05, 0) is 36.8 Å². The summed E-state index contributed by atoms with van der Waals surface area (Å²) in [4.78, 5) is 32.9. The summed E-state index contributed by atoms with van der Waals surface area (Å²) in [6, 6.07) is 20.3. The van der Waals surface area contributed by atoms with Gasteiger partial charge in [0.2, 0.25) is 0 Å². The van der Waals surface area contributed by atoms with E-state index >= 15 is 0 Å². The van der Waals surface area contributed by atoms with E-state index in [2.05, 4.69) is 0 Å². The van der Waals surface area contributed by atoms with Gasteiger partial charge in [0.05, 0.1) is 36.6 Å². The molecule has 0 spiro atoms. The van der Waals surface area contributed by atoms with Crippen LogP contribution in [0.5, 0.6) is 17.2 Å². The van der Waals surface area contributed by atoms with Crippen LogP contribution < -0.4 is 24.4 Å². The van der Waals surface area contributed by atoms with E-state index in [0.29, 0.717) is 37.7 Å².